The highest BCUT2D eigenvalue weighted by atomic mass is 32.2. The molecule has 106 valence electrons. The van der Waals surface area contributed by atoms with Gasteiger partial charge in [-0.05, 0) is 29.7 Å². The predicted molar refractivity (Wildman–Crippen MR) is 81.2 cm³/mol. The zero-order chi connectivity index (χ0) is 14.4. The molecule has 4 heteroatoms. The lowest BCUT2D eigenvalue weighted by molar-refractivity contribution is 0.484. The summed E-state index contributed by atoms with van der Waals surface area (Å²) in [6.45, 7) is 1.95. The van der Waals surface area contributed by atoms with Crippen molar-refractivity contribution in [2.75, 3.05) is 5.75 Å². The monoisotopic (exact) mass is 290 g/mol. The molecule has 0 fully saturated rings. The minimum Gasteiger partial charge on any atom is -0.382 e. The molecule has 2 aromatic rings. The minimum atomic E-state index is -3.47. The summed E-state index contributed by atoms with van der Waals surface area (Å²) in [5, 5.41) is 0. The standard InChI is InChI=1S/C16H18O3S/c1-2-3-13-20(17,18)19-16-11-9-15(10-12-16)14-7-5-4-6-8-14/h4-12H,2-3,13H2,1H3. The van der Waals surface area contributed by atoms with Crippen LogP contribution in [0.1, 0.15) is 19.8 Å². The van der Waals surface area contributed by atoms with E-state index in [4.69, 9.17) is 4.18 Å². The van der Waals surface area contributed by atoms with Gasteiger partial charge < -0.3 is 4.18 Å². The molecule has 0 heterocycles. The van der Waals surface area contributed by atoms with Gasteiger partial charge >= 0.3 is 10.1 Å². The fraction of sp³-hybridized carbons (Fsp3) is 0.250. The first kappa shape index (κ1) is 14.6. The molecule has 0 saturated carbocycles. The maximum Gasteiger partial charge on any atom is 0.309 e. The number of hydrogen-bond donors (Lipinski definition) is 0. The van der Waals surface area contributed by atoms with Gasteiger partial charge in [-0.1, -0.05) is 55.8 Å². The van der Waals surface area contributed by atoms with Gasteiger partial charge in [-0.25, -0.2) is 0 Å². The van der Waals surface area contributed by atoms with Gasteiger partial charge in [0.2, 0.25) is 0 Å². The van der Waals surface area contributed by atoms with Crippen molar-refractivity contribution in [3.63, 3.8) is 0 Å². The summed E-state index contributed by atoms with van der Waals surface area (Å²) in [4.78, 5) is 0. The summed E-state index contributed by atoms with van der Waals surface area (Å²) in [5.41, 5.74) is 2.12. The van der Waals surface area contributed by atoms with Crippen molar-refractivity contribution in [1.82, 2.24) is 0 Å². The van der Waals surface area contributed by atoms with Crippen LogP contribution in [0, 0.1) is 0 Å². The van der Waals surface area contributed by atoms with Crippen molar-refractivity contribution in [2.24, 2.45) is 0 Å². The quantitative estimate of drug-likeness (QED) is 0.759. The van der Waals surface area contributed by atoms with E-state index in [0.29, 0.717) is 12.2 Å². The van der Waals surface area contributed by atoms with E-state index >= 15 is 0 Å². The van der Waals surface area contributed by atoms with Crippen LogP contribution in [0.3, 0.4) is 0 Å². The van der Waals surface area contributed by atoms with E-state index in [1.54, 1.807) is 12.1 Å². The van der Waals surface area contributed by atoms with E-state index in [9.17, 15) is 8.42 Å². The summed E-state index contributed by atoms with van der Waals surface area (Å²) >= 11 is 0. The van der Waals surface area contributed by atoms with Crippen LogP contribution in [0.15, 0.2) is 54.6 Å². The summed E-state index contributed by atoms with van der Waals surface area (Å²) in [6.07, 6.45) is 1.44. The molecule has 0 amide bonds. The number of hydrogen-bond acceptors (Lipinski definition) is 3. The maximum absolute atomic E-state index is 11.7. The van der Waals surface area contributed by atoms with Gasteiger partial charge in [0.25, 0.3) is 0 Å². The van der Waals surface area contributed by atoms with Crippen molar-refractivity contribution >= 4 is 10.1 Å². The predicted octanol–water partition coefficient (Wildman–Crippen LogP) is 3.86. The minimum absolute atomic E-state index is 0.0595. The fourth-order valence-electron chi connectivity index (χ4n) is 1.84. The van der Waals surface area contributed by atoms with Crippen LogP contribution < -0.4 is 4.18 Å². The van der Waals surface area contributed by atoms with Crippen LogP contribution in [0.4, 0.5) is 0 Å². The Morgan fingerprint density at radius 2 is 1.50 bits per heavy atom. The van der Waals surface area contributed by atoms with Crippen molar-refractivity contribution < 1.29 is 12.6 Å². The Labute approximate surface area is 120 Å². The van der Waals surface area contributed by atoms with E-state index < -0.39 is 10.1 Å². The average Bonchev–Trinajstić information content (AvgIpc) is 2.46. The Balaban J connectivity index is 2.09. The Morgan fingerprint density at radius 3 is 2.10 bits per heavy atom. The summed E-state index contributed by atoms with van der Waals surface area (Å²) in [6, 6.07) is 17.0. The van der Waals surface area contributed by atoms with E-state index in [-0.39, 0.29) is 5.75 Å². The summed E-state index contributed by atoms with van der Waals surface area (Å²) in [7, 11) is -3.47. The van der Waals surface area contributed by atoms with Gasteiger partial charge in [-0.2, -0.15) is 8.42 Å². The first-order valence-electron chi connectivity index (χ1n) is 6.68. The normalized spacial score (nSPS) is 11.2. The lowest BCUT2D eigenvalue weighted by Crippen LogP contribution is -2.13. The van der Waals surface area contributed by atoms with Gasteiger partial charge in [0, 0.05) is 0 Å². The third kappa shape index (κ3) is 4.10. The highest BCUT2D eigenvalue weighted by molar-refractivity contribution is 7.87. The molecule has 0 aliphatic heterocycles. The number of benzene rings is 2. The van der Waals surface area contributed by atoms with Crippen LogP contribution in [-0.4, -0.2) is 14.2 Å². The van der Waals surface area contributed by atoms with Gasteiger partial charge in [-0.15, -0.1) is 0 Å². The molecule has 0 unspecified atom stereocenters. The molecule has 0 N–H and O–H groups in total. The smallest absolute Gasteiger partial charge is 0.309 e. The highest BCUT2D eigenvalue weighted by Gasteiger charge is 2.11. The van der Waals surface area contributed by atoms with Crippen LogP contribution in [0.25, 0.3) is 11.1 Å². The van der Waals surface area contributed by atoms with Crippen molar-refractivity contribution in [2.45, 2.75) is 19.8 Å². The molecular weight excluding hydrogens is 272 g/mol. The van der Waals surface area contributed by atoms with E-state index in [1.807, 2.05) is 49.4 Å². The molecule has 0 bridgehead atoms. The van der Waals surface area contributed by atoms with Gasteiger partial charge in [-0.3, -0.25) is 0 Å². The Morgan fingerprint density at radius 1 is 0.900 bits per heavy atom. The number of rotatable bonds is 6. The molecule has 20 heavy (non-hydrogen) atoms. The summed E-state index contributed by atoms with van der Waals surface area (Å²) in [5.74, 6) is 0.421. The maximum atomic E-state index is 11.7. The SMILES string of the molecule is CCCCS(=O)(=O)Oc1ccc(-c2ccccc2)cc1. The van der Waals surface area contributed by atoms with Gasteiger partial charge in [0.1, 0.15) is 5.75 Å². The molecule has 3 nitrogen and oxygen atoms in total. The van der Waals surface area contributed by atoms with E-state index in [2.05, 4.69) is 0 Å². The van der Waals surface area contributed by atoms with Crippen LogP contribution in [-0.2, 0) is 10.1 Å². The topological polar surface area (TPSA) is 43.4 Å². The molecule has 0 aliphatic rings. The third-order valence-electron chi connectivity index (χ3n) is 2.93. The van der Waals surface area contributed by atoms with E-state index in [0.717, 1.165) is 17.5 Å². The first-order chi connectivity index (χ1) is 9.61. The first-order valence-corrected chi connectivity index (χ1v) is 8.26. The zero-order valence-electron chi connectivity index (χ0n) is 11.5. The van der Waals surface area contributed by atoms with Crippen LogP contribution >= 0.6 is 0 Å². The van der Waals surface area contributed by atoms with Crippen molar-refractivity contribution in [3.8, 4) is 16.9 Å². The fourth-order valence-corrected chi connectivity index (χ4v) is 2.97. The molecule has 0 atom stereocenters. The lowest BCUT2D eigenvalue weighted by Gasteiger charge is -2.07. The zero-order valence-corrected chi connectivity index (χ0v) is 12.3. The van der Waals surface area contributed by atoms with Crippen molar-refractivity contribution in [1.29, 1.82) is 0 Å². The Bertz CT molecular complexity index is 631. The molecule has 0 aromatic heterocycles. The number of unbranched alkanes of at least 4 members (excludes halogenated alkanes) is 1. The molecular formula is C16H18O3S. The van der Waals surface area contributed by atoms with Crippen LogP contribution in [0.2, 0.25) is 0 Å². The molecule has 0 radical (unpaired) electrons. The van der Waals surface area contributed by atoms with Crippen LogP contribution in [0.5, 0.6) is 5.75 Å². The lowest BCUT2D eigenvalue weighted by atomic mass is 10.1. The summed E-state index contributed by atoms with van der Waals surface area (Å²) < 4.78 is 28.5. The second-order valence-electron chi connectivity index (χ2n) is 4.59. The van der Waals surface area contributed by atoms with Gasteiger partial charge in [0.15, 0.2) is 0 Å². The third-order valence-corrected chi connectivity index (χ3v) is 4.17. The molecule has 0 aliphatic carbocycles. The average molecular weight is 290 g/mol. The van der Waals surface area contributed by atoms with Gasteiger partial charge in [0.05, 0.1) is 5.75 Å². The second kappa shape index (κ2) is 6.57. The molecule has 2 aromatic carbocycles. The highest BCUT2D eigenvalue weighted by Crippen LogP contribution is 2.22. The largest absolute Gasteiger partial charge is 0.382 e. The molecule has 2 rings (SSSR count). The van der Waals surface area contributed by atoms with Crippen molar-refractivity contribution in [3.05, 3.63) is 54.6 Å². The Kier molecular flexibility index (Phi) is 4.79. The Hall–Kier alpha value is -1.81. The molecule has 0 spiro atoms. The van der Waals surface area contributed by atoms with E-state index in [1.165, 1.54) is 0 Å². The molecule has 0 saturated heterocycles. The second-order valence-corrected chi connectivity index (χ2v) is 6.28.